The highest BCUT2D eigenvalue weighted by Crippen LogP contribution is 2.32. The van der Waals surface area contributed by atoms with Crippen molar-refractivity contribution in [3.8, 4) is 0 Å². The van der Waals surface area contributed by atoms with Crippen molar-refractivity contribution >= 4 is 33.4 Å². The molecule has 0 spiro atoms. The topological polar surface area (TPSA) is 67.8 Å². The number of fused-ring (bicyclic) bond motifs is 2. The van der Waals surface area contributed by atoms with Crippen LogP contribution >= 0.6 is 0 Å². The fraction of sp³-hybridized carbons (Fsp3) is 0.300. The molecule has 132 valence electrons. The molecular formula is C20H21N5O. The van der Waals surface area contributed by atoms with E-state index >= 15 is 0 Å². The fourth-order valence-electron chi connectivity index (χ4n) is 3.85. The van der Waals surface area contributed by atoms with E-state index in [1.807, 2.05) is 12.1 Å². The largest absolute Gasteiger partial charge is 0.381 e. The Balaban J connectivity index is 1.51. The van der Waals surface area contributed by atoms with Gasteiger partial charge in [0, 0.05) is 48.2 Å². The molecule has 1 aromatic carbocycles. The molecule has 6 heteroatoms. The van der Waals surface area contributed by atoms with Crippen molar-refractivity contribution in [1.29, 1.82) is 0 Å². The molecule has 0 bridgehead atoms. The van der Waals surface area contributed by atoms with Crippen molar-refractivity contribution in [2.24, 2.45) is 0 Å². The van der Waals surface area contributed by atoms with Gasteiger partial charge in [-0.3, -0.25) is 10.1 Å². The minimum absolute atomic E-state index is 0.526. The smallest absolute Gasteiger partial charge is 0.178 e. The van der Waals surface area contributed by atoms with E-state index in [-0.39, 0.29) is 0 Å². The fourth-order valence-corrected chi connectivity index (χ4v) is 3.85. The summed E-state index contributed by atoms with van der Waals surface area (Å²) in [5.41, 5.74) is 5.37. The van der Waals surface area contributed by atoms with Crippen LogP contribution in [0.5, 0.6) is 0 Å². The summed E-state index contributed by atoms with van der Waals surface area (Å²) in [7, 11) is 0. The van der Waals surface area contributed by atoms with Gasteiger partial charge in [-0.15, -0.1) is 0 Å². The number of nitrogens with one attached hydrogen (secondary N) is 2. The van der Waals surface area contributed by atoms with Crippen LogP contribution < -0.4 is 5.32 Å². The second-order valence-electron chi connectivity index (χ2n) is 6.89. The molecule has 4 aromatic rings. The number of anilines is 2. The maximum Gasteiger partial charge on any atom is 0.178 e. The highest BCUT2D eigenvalue weighted by molar-refractivity contribution is 5.91. The summed E-state index contributed by atoms with van der Waals surface area (Å²) in [4.78, 5) is 4.41. The minimum atomic E-state index is 0.526. The summed E-state index contributed by atoms with van der Waals surface area (Å²) in [5, 5.41) is 12.0. The quantitative estimate of drug-likeness (QED) is 0.579. The summed E-state index contributed by atoms with van der Waals surface area (Å²) in [6.45, 7) is 3.87. The number of aromatic amines is 1. The summed E-state index contributed by atoms with van der Waals surface area (Å²) in [6, 6.07) is 10.9. The lowest BCUT2D eigenvalue weighted by Gasteiger charge is -2.24. The van der Waals surface area contributed by atoms with E-state index in [0.717, 1.165) is 48.6 Å². The van der Waals surface area contributed by atoms with E-state index in [0.29, 0.717) is 6.04 Å². The number of pyridine rings is 1. The molecule has 1 aliphatic rings. The number of rotatable bonds is 3. The Hall–Kier alpha value is -2.86. The zero-order chi connectivity index (χ0) is 17.5. The van der Waals surface area contributed by atoms with E-state index in [1.165, 1.54) is 16.5 Å². The number of aryl methyl sites for hydroxylation is 1. The monoisotopic (exact) mass is 347 g/mol. The third-order valence-corrected chi connectivity index (χ3v) is 5.20. The first-order valence-corrected chi connectivity index (χ1v) is 9.04. The van der Waals surface area contributed by atoms with E-state index in [4.69, 9.17) is 4.74 Å². The van der Waals surface area contributed by atoms with Crippen LogP contribution in [0.25, 0.3) is 21.9 Å². The molecule has 2 N–H and O–H groups in total. The highest BCUT2D eigenvalue weighted by atomic mass is 16.5. The third-order valence-electron chi connectivity index (χ3n) is 5.20. The van der Waals surface area contributed by atoms with E-state index in [2.05, 4.69) is 56.4 Å². The van der Waals surface area contributed by atoms with E-state index in [9.17, 15) is 0 Å². The van der Waals surface area contributed by atoms with Gasteiger partial charge in [0.2, 0.25) is 0 Å². The number of benzene rings is 1. The Labute approximate surface area is 151 Å². The van der Waals surface area contributed by atoms with Crippen molar-refractivity contribution in [1.82, 2.24) is 19.7 Å². The van der Waals surface area contributed by atoms with Crippen molar-refractivity contribution < 1.29 is 4.74 Å². The molecule has 1 aliphatic heterocycles. The molecule has 0 saturated carbocycles. The first-order valence-electron chi connectivity index (χ1n) is 9.04. The Bertz CT molecular complexity index is 1070. The zero-order valence-corrected chi connectivity index (χ0v) is 14.7. The van der Waals surface area contributed by atoms with Crippen LogP contribution in [0.1, 0.15) is 24.4 Å². The lowest BCUT2D eigenvalue weighted by molar-refractivity contribution is 0.0707. The lowest BCUT2D eigenvalue weighted by atomic mass is 10.1. The number of hydrogen-bond donors (Lipinski definition) is 2. The molecule has 5 rings (SSSR count). The molecular weight excluding hydrogens is 326 g/mol. The van der Waals surface area contributed by atoms with Crippen LogP contribution in [-0.4, -0.2) is 33.0 Å². The SMILES string of the molecule is Cc1cn(C2CCOCC2)c2ccc(Nc3n[nH]c4cccnc34)cc12. The van der Waals surface area contributed by atoms with Gasteiger partial charge in [0.25, 0.3) is 0 Å². The van der Waals surface area contributed by atoms with Crippen LogP contribution in [0.3, 0.4) is 0 Å². The molecule has 0 aliphatic carbocycles. The standard InChI is InChI=1S/C20H21N5O/c1-13-12-25(15-6-9-26-10-7-15)18-5-4-14(11-16(13)18)22-20-19-17(23-24-20)3-2-8-21-19/h2-5,8,11-12,15H,6-7,9-10H2,1H3,(H2,22,23,24). The second-order valence-corrected chi connectivity index (χ2v) is 6.89. The average Bonchev–Trinajstić information content (AvgIpc) is 3.24. The summed E-state index contributed by atoms with van der Waals surface area (Å²) >= 11 is 0. The first-order chi connectivity index (χ1) is 12.8. The predicted octanol–water partition coefficient (Wildman–Crippen LogP) is 4.32. The van der Waals surface area contributed by atoms with E-state index in [1.54, 1.807) is 6.20 Å². The van der Waals surface area contributed by atoms with Gasteiger partial charge in [-0.2, -0.15) is 5.10 Å². The van der Waals surface area contributed by atoms with E-state index < -0.39 is 0 Å². The number of aromatic nitrogens is 4. The van der Waals surface area contributed by atoms with Crippen LogP contribution in [0.15, 0.2) is 42.7 Å². The van der Waals surface area contributed by atoms with Gasteiger partial charge in [-0.1, -0.05) is 0 Å². The maximum absolute atomic E-state index is 5.51. The Morgan fingerprint density at radius 3 is 3.00 bits per heavy atom. The Morgan fingerprint density at radius 1 is 1.23 bits per heavy atom. The minimum Gasteiger partial charge on any atom is -0.381 e. The van der Waals surface area contributed by atoms with Crippen LogP contribution in [0.4, 0.5) is 11.5 Å². The predicted molar refractivity (Wildman–Crippen MR) is 103 cm³/mol. The van der Waals surface area contributed by atoms with Gasteiger partial charge in [-0.25, -0.2) is 0 Å². The van der Waals surface area contributed by atoms with Gasteiger partial charge >= 0.3 is 0 Å². The average molecular weight is 347 g/mol. The number of hydrogen-bond acceptors (Lipinski definition) is 4. The molecule has 0 amide bonds. The molecule has 0 radical (unpaired) electrons. The lowest BCUT2D eigenvalue weighted by Crippen LogP contribution is -2.18. The van der Waals surface area contributed by atoms with Crippen molar-refractivity contribution in [3.63, 3.8) is 0 Å². The summed E-state index contributed by atoms with van der Waals surface area (Å²) < 4.78 is 7.93. The van der Waals surface area contributed by atoms with Crippen LogP contribution in [0.2, 0.25) is 0 Å². The zero-order valence-electron chi connectivity index (χ0n) is 14.7. The van der Waals surface area contributed by atoms with Crippen molar-refractivity contribution in [2.45, 2.75) is 25.8 Å². The third kappa shape index (κ3) is 2.54. The number of H-pyrrole nitrogens is 1. The highest BCUT2D eigenvalue weighted by Gasteiger charge is 2.18. The van der Waals surface area contributed by atoms with Crippen LogP contribution in [0, 0.1) is 6.92 Å². The Kier molecular flexibility index (Phi) is 3.64. The van der Waals surface area contributed by atoms with Crippen molar-refractivity contribution in [3.05, 3.63) is 48.3 Å². The molecule has 0 unspecified atom stereocenters. The molecule has 3 aromatic heterocycles. The van der Waals surface area contributed by atoms with Gasteiger partial charge in [-0.05, 0) is 55.7 Å². The molecule has 4 heterocycles. The molecule has 26 heavy (non-hydrogen) atoms. The second kappa shape index (κ2) is 6.14. The van der Waals surface area contributed by atoms with Gasteiger partial charge < -0.3 is 14.6 Å². The first kappa shape index (κ1) is 15.4. The maximum atomic E-state index is 5.51. The van der Waals surface area contributed by atoms with Crippen molar-refractivity contribution in [2.75, 3.05) is 18.5 Å². The van der Waals surface area contributed by atoms with Gasteiger partial charge in [0.15, 0.2) is 5.82 Å². The van der Waals surface area contributed by atoms with Crippen LogP contribution in [-0.2, 0) is 4.74 Å². The van der Waals surface area contributed by atoms with Gasteiger partial charge in [0.1, 0.15) is 5.52 Å². The Morgan fingerprint density at radius 2 is 2.12 bits per heavy atom. The molecule has 0 atom stereocenters. The normalized spacial score (nSPS) is 15.7. The summed E-state index contributed by atoms with van der Waals surface area (Å²) in [5.74, 6) is 0.751. The summed E-state index contributed by atoms with van der Waals surface area (Å²) in [6.07, 6.45) is 6.21. The molecule has 1 saturated heterocycles. The number of ether oxygens (including phenoxy) is 1. The van der Waals surface area contributed by atoms with Gasteiger partial charge in [0.05, 0.1) is 5.52 Å². The molecule has 1 fully saturated rings. The molecule has 6 nitrogen and oxygen atoms in total. The number of nitrogens with zero attached hydrogens (tertiary/aromatic N) is 3.